The van der Waals surface area contributed by atoms with Crippen molar-refractivity contribution in [1.29, 1.82) is 0 Å². The Morgan fingerprint density at radius 1 is 1.13 bits per heavy atom. The molecule has 0 aliphatic carbocycles. The van der Waals surface area contributed by atoms with E-state index in [1.807, 2.05) is 43.3 Å². The third-order valence-electron chi connectivity index (χ3n) is 3.22. The molecule has 0 radical (unpaired) electrons. The molecule has 0 saturated heterocycles. The Morgan fingerprint density at radius 3 is 2.65 bits per heavy atom. The molecule has 0 saturated carbocycles. The van der Waals surface area contributed by atoms with Crippen LogP contribution in [0.25, 0.3) is 11.4 Å². The van der Waals surface area contributed by atoms with Crippen LogP contribution in [0.5, 0.6) is 0 Å². The zero-order valence-electron chi connectivity index (χ0n) is 12.2. The van der Waals surface area contributed by atoms with Gasteiger partial charge in [-0.15, -0.1) is 5.10 Å². The number of hydrogen-bond acceptors (Lipinski definition) is 4. The van der Waals surface area contributed by atoms with Crippen LogP contribution in [0, 0.1) is 6.92 Å². The Kier molecular flexibility index (Phi) is 4.33. The van der Waals surface area contributed by atoms with Gasteiger partial charge in [-0.2, -0.15) is 0 Å². The van der Waals surface area contributed by atoms with Crippen LogP contribution in [0.3, 0.4) is 0 Å². The van der Waals surface area contributed by atoms with Gasteiger partial charge in [0.05, 0.1) is 5.69 Å². The van der Waals surface area contributed by atoms with Gasteiger partial charge in [0.15, 0.2) is 5.82 Å². The molecule has 0 aliphatic heterocycles. The van der Waals surface area contributed by atoms with Crippen molar-refractivity contribution in [2.24, 2.45) is 0 Å². The van der Waals surface area contributed by atoms with E-state index in [-0.39, 0.29) is 6.03 Å². The van der Waals surface area contributed by atoms with Crippen molar-refractivity contribution in [3.05, 3.63) is 52.5 Å². The van der Waals surface area contributed by atoms with Gasteiger partial charge in [0.1, 0.15) is 0 Å². The lowest BCUT2D eigenvalue weighted by molar-refractivity contribution is 0.262. The van der Waals surface area contributed by atoms with Gasteiger partial charge < -0.3 is 10.6 Å². The largest absolute Gasteiger partial charge is 0.323 e. The number of aromatic amines is 1. The molecular formula is C15H13BrN6O. The number of amides is 2. The van der Waals surface area contributed by atoms with E-state index in [9.17, 15) is 4.79 Å². The SMILES string of the molecule is Cc1ccccc1NC(=O)Nc1ccc(Br)cc1-c1nnn[nH]1. The predicted octanol–water partition coefficient (Wildman–Crippen LogP) is 3.58. The molecule has 0 aliphatic rings. The molecule has 1 heterocycles. The van der Waals surface area contributed by atoms with Gasteiger partial charge in [-0.1, -0.05) is 34.1 Å². The smallest absolute Gasteiger partial charge is 0.307 e. The van der Waals surface area contributed by atoms with Crippen molar-refractivity contribution in [3.8, 4) is 11.4 Å². The van der Waals surface area contributed by atoms with E-state index in [4.69, 9.17) is 0 Å². The number of para-hydroxylation sites is 1. The number of rotatable bonds is 3. The number of benzene rings is 2. The standard InChI is InChI=1S/C15H13BrN6O/c1-9-4-2-3-5-12(9)17-15(23)18-13-7-6-10(16)8-11(13)14-19-21-22-20-14/h2-8H,1H3,(H2,17,18,23)(H,19,20,21,22). The first-order valence-electron chi connectivity index (χ1n) is 6.81. The minimum absolute atomic E-state index is 0.338. The Labute approximate surface area is 140 Å². The maximum Gasteiger partial charge on any atom is 0.323 e. The second-order valence-electron chi connectivity index (χ2n) is 4.83. The van der Waals surface area contributed by atoms with Gasteiger partial charge in [0.25, 0.3) is 0 Å². The van der Waals surface area contributed by atoms with E-state index in [1.165, 1.54) is 0 Å². The van der Waals surface area contributed by atoms with Crippen LogP contribution in [0.4, 0.5) is 16.2 Å². The first-order valence-corrected chi connectivity index (χ1v) is 7.60. The highest BCUT2D eigenvalue weighted by Crippen LogP contribution is 2.28. The molecule has 3 N–H and O–H groups in total. The average molecular weight is 373 g/mol. The molecule has 2 amide bonds. The van der Waals surface area contributed by atoms with Crippen molar-refractivity contribution in [2.75, 3.05) is 10.6 Å². The second kappa shape index (κ2) is 6.57. The Balaban J connectivity index is 1.83. The average Bonchev–Trinajstić information content (AvgIpc) is 3.05. The third kappa shape index (κ3) is 3.54. The minimum Gasteiger partial charge on any atom is -0.307 e. The van der Waals surface area contributed by atoms with Crippen LogP contribution >= 0.6 is 15.9 Å². The van der Waals surface area contributed by atoms with Crippen molar-refractivity contribution in [2.45, 2.75) is 6.92 Å². The molecule has 7 nitrogen and oxygen atoms in total. The highest BCUT2D eigenvalue weighted by atomic mass is 79.9. The highest BCUT2D eigenvalue weighted by Gasteiger charge is 2.12. The minimum atomic E-state index is -0.338. The molecule has 3 aromatic rings. The molecule has 1 aromatic heterocycles. The van der Waals surface area contributed by atoms with Crippen LogP contribution in [-0.2, 0) is 0 Å². The topological polar surface area (TPSA) is 95.6 Å². The number of carbonyl (C=O) groups is 1. The number of hydrogen-bond donors (Lipinski definition) is 3. The molecule has 0 unspecified atom stereocenters. The first-order chi connectivity index (χ1) is 11.1. The van der Waals surface area contributed by atoms with Gasteiger partial charge in [0.2, 0.25) is 0 Å². The number of carbonyl (C=O) groups excluding carboxylic acids is 1. The zero-order chi connectivity index (χ0) is 16.2. The van der Waals surface area contributed by atoms with E-state index in [0.717, 1.165) is 15.7 Å². The summed E-state index contributed by atoms with van der Waals surface area (Å²) in [5.74, 6) is 0.470. The molecular weight excluding hydrogens is 360 g/mol. The van der Waals surface area contributed by atoms with Gasteiger partial charge in [-0.3, -0.25) is 0 Å². The summed E-state index contributed by atoms with van der Waals surface area (Å²) in [4.78, 5) is 12.2. The monoisotopic (exact) mass is 372 g/mol. The molecule has 3 rings (SSSR count). The third-order valence-corrected chi connectivity index (χ3v) is 3.72. The number of anilines is 2. The van der Waals surface area contributed by atoms with Crippen LogP contribution in [0.2, 0.25) is 0 Å². The fourth-order valence-corrected chi connectivity index (χ4v) is 2.44. The normalized spacial score (nSPS) is 10.3. The Hall–Kier alpha value is -2.74. The molecule has 0 bridgehead atoms. The van der Waals surface area contributed by atoms with Gasteiger partial charge in [0, 0.05) is 15.7 Å². The van der Waals surface area contributed by atoms with Crippen LogP contribution in [0.15, 0.2) is 46.9 Å². The second-order valence-corrected chi connectivity index (χ2v) is 5.75. The molecule has 23 heavy (non-hydrogen) atoms. The highest BCUT2D eigenvalue weighted by molar-refractivity contribution is 9.10. The molecule has 2 aromatic carbocycles. The number of urea groups is 1. The van der Waals surface area contributed by atoms with Crippen LogP contribution in [0.1, 0.15) is 5.56 Å². The summed E-state index contributed by atoms with van der Waals surface area (Å²) >= 11 is 3.40. The summed E-state index contributed by atoms with van der Waals surface area (Å²) in [5.41, 5.74) is 3.02. The summed E-state index contributed by atoms with van der Waals surface area (Å²) < 4.78 is 0.855. The number of nitrogens with zero attached hydrogens (tertiary/aromatic N) is 3. The van der Waals surface area contributed by atoms with Crippen LogP contribution < -0.4 is 10.6 Å². The quantitative estimate of drug-likeness (QED) is 0.654. The number of aryl methyl sites for hydroxylation is 1. The molecule has 0 atom stereocenters. The van der Waals surface area contributed by atoms with Crippen molar-refractivity contribution in [1.82, 2.24) is 20.6 Å². The van der Waals surface area contributed by atoms with E-state index < -0.39 is 0 Å². The summed E-state index contributed by atoms with van der Waals surface area (Å²) in [6.45, 7) is 1.93. The Morgan fingerprint density at radius 2 is 1.91 bits per heavy atom. The number of aromatic nitrogens is 4. The fourth-order valence-electron chi connectivity index (χ4n) is 2.08. The first kappa shape index (κ1) is 15.2. The van der Waals surface area contributed by atoms with Crippen LogP contribution in [-0.4, -0.2) is 26.7 Å². The van der Waals surface area contributed by atoms with E-state index in [1.54, 1.807) is 6.07 Å². The summed E-state index contributed by atoms with van der Waals surface area (Å²) in [5, 5.41) is 19.3. The van der Waals surface area contributed by atoms with Crippen molar-refractivity contribution in [3.63, 3.8) is 0 Å². The van der Waals surface area contributed by atoms with Crippen molar-refractivity contribution >= 4 is 33.3 Å². The van der Waals surface area contributed by atoms with E-state index in [0.29, 0.717) is 17.1 Å². The number of tetrazole rings is 1. The summed E-state index contributed by atoms with van der Waals surface area (Å²) in [6.07, 6.45) is 0. The maximum absolute atomic E-state index is 12.2. The lowest BCUT2D eigenvalue weighted by atomic mass is 10.1. The van der Waals surface area contributed by atoms with Gasteiger partial charge in [-0.25, -0.2) is 9.89 Å². The molecule has 0 spiro atoms. The van der Waals surface area contributed by atoms with E-state index in [2.05, 4.69) is 47.2 Å². The van der Waals surface area contributed by atoms with Gasteiger partial charge in [-0.05, 0) is 47.2 Å². The summed E-state index contributed by atoms with van der Waals surface area (Å²) in [7, 11) is 0. The summed E-state index contributed by atoms with van der Waals surface area (Å²) in [6, 6.07) is 12.7. The van der Waals surface area contributed by atoms with E-state index >= 15 is 0 Å². The number of nitrogens with one attached hydrogen (secondary N) is 3. The van der Waals surface area contributed by atoms with Gasteiger partial charge >= 0.3 is 6.03 Å². The lowest BCUT2D eigenvalue weighted by Crippen LogP contribution is -2.20. The number of H-pyrrole nitrogens is 1. The Bertz CT molecular complexity index is 834. The molecule has 8 heteroatoms. The fraction of sp³-hybridized carbons (Fsp3) is 0.0667. The molecule has 0 fully saturated rings. The lowest BCUT2D eigenvalue weighted by Gasteiger charge is -2.12. The maximum atomic E-state index is 12.2. The molecule has 116 valence electrons. The number of halogens is 1. The predicted molar refractivity (Wildman–Crippen MR) is 91.1 cm³/mol. The van der Waals surface area contributed by atoms with Crippen molar-refractivity contribution < 1.29 is 4.79 Å². The zero-order valence-corrected chi connectivity index (χ0v) is 13.8.